The number of rotatable bonds is 5. The fraction of sp³-hybridized carbons (Fsp3) is 0.435. The monoisotopic (exact) mass is 468 g/mol. The van der Waals surface area contributed by atoms with Crippen molar-refractivity contribution in [2.75, 3.05) is 31.1 Å². The topological polar surface area (TPSA) is 97.4 Å². The van der Waals surface area contributed by atoms with E-state index in [0.717, 1.165) is 29.6 Å². The maximum absolute atomic E-state index is 13.6. The Hall–Kier alpha value is -3.20. The van der Waals surface area contributed by atoms with E-state index in [1.54, 1.807) is 18.3 Å². The predicted octanol–water partition coefficient (Wildman–Crippen LogP) is 4.41. The van der Waals surface area contributed by atoms with Gasteiger partial charge in [-0.1, -0.05) is 11.6 Å². The molecule has 9 nitrogen and oxygen atoms in total. The average Bonchev–Trinajstić information content (AvgIpc) is 3.56. The van der Waals surface area contributed by atoms with E-state index in [2.05, 4.69) is 18.9 Å². The molecule has 2 aromatic heterocycles. The maximum atomic E-state index is 13.6. The van der Waals surface area contributed by atoms with Gasteiger partial charge in [-0.25, -0.2) is 9.67 Å². The molecule has 2 fully saturated rings. The van der Waals surface area contributed by atoms with Gasteiger partial charge < -0.3 is 9.80 Å². The van der Waals surface area contributed by atoms with Crippen molar-refractivity contribution in [2.45, 2.75) is 38.6 Å². The van der Waals surface area contributed by atoms with Crippen LogP contribution in [0.25, 0.3) is 11.0 Å². The number of benzene rings is 1. The Kier molecular flexibility index (Phi) is 5.44. The van der Waals surface area contributed by atoms with Crippen molar-refractivity contribution in [3.05, 3.63) is 56.9 Å². The largest absolute Gasteiger partial charge is 0.362 e. The Labute approximate surface area is 196 Å². The van der Waals surface area contributed by atoms with Gasteiger partial charge in [-0.2, -0.15) is 5.10 Å². The zero-order valence-corrected chi connectivity index (χ0v) is 19.3. The van der Waals surface area contributed by atoms with Crippen molar-refractivity contribution >= 4 is 39.9 Å². The van der Waals surface area contributed by atoms with Gasteiger partial charge in [0.05, 0.1) is 22.1 Å². The summed E-state index contributed by atoms with van der Waals surface area (Å²) in [6.07, 6.45) is 3.93. The molecule has 1 aliphatic carbocycles. The van der Waals surface area contributed by atoms with Crippen LogP contribution in [-0.4, -0.2) is 56.7 Å². The Morgan fingerprint density at radius 2 is 1.91 bits per heavy atom. The molecule has 5 rings (SSSR count). The summed E-state index contributed by atoms with van der Waals surface area (Å²) >= 11 is 5.95. The highest BCUT2D eigenvalue weighted by Crippen LogP contribution is 2.40. The van der Waals surface area contributed by atoms with Gasteiger partial charge in [-0.3, -0.25) is 14.9 Å². The van der Waals surface area contributed by atoms with Gasteiger partial charge >= 0.3 is 0 Å². The molecule has 1 saturated heterocycles. The summed E-state index contributed by atoms with van der Waals surface area (Å²) in [4.78, 5) is 33.2. The fourth-order valence-electron chi connectivity index (χ4n) is 4.41. The highest BCUT2D eigenvalue weighted by atomic mass is 35.5. The van der Waals surface area contributed by atoms with E-state index in [1.807, 2.05) is 20.5 Å². The molecule has 0 radical (unpaired) electrons. The molecule has 0 N–H and O–H groups in total. The Morgan fingerprint density at radius 1 is 1.18 bits per heavy atom. The van der Waals surface area contributed by atoms with Gasteiger partial charge in [0.2, 0.25) is 0 Å². The van der Waals surface area contributed by atoms with E-state index in [-0.39, 0.29) is 17.6 Å². The number of aromatic nitrogens is 3. The van der Waals surface area contributed by atoms with Gasteiger partial charge in [0.25, 0.3) is 11.6 Å². The SMILES string of the molecule is CC(C)n1ncc2c(C(=O)N3CCN(c4ccc(Cl)cc4[N+](=O)[O-])CC3)cc(C3CC3)nc21. The normalized spacial score (nSPS) is 16.6. The lowest BCUT2D eigenvalue weighted by atomic mass is 10.1. The molecule has 172 valence electrons. The van der Waals surface area contributed by atoms with E-state index in [1.165, 1.54) is 6.07 Å². The molecule has 1 amide bonds. The molecular weight excluding hydrogens is 444 g/mol. The number of nitro groups is 1. The van der Waals surface area contributed by atoms with Crippen LogP contribution in [0.4, 0.5) is 11.4 Å². The average molecular weight is 469 g/mol. The van der Waals surface area contributed by atoms with E-state index in [4.69, 9.17) is 16.6 Å². The number of nitrogens with zero attached hydrogens (tertiary/aromatic N) is 6. The number of carbonyl (C=O) groups excluding carboxylic acids is 1. The molecule has 0 bridgehead atoms. The molecule has 2 aliphatic rings. The first kappa shape index (κ1) is 21.6. The van der Waals surface area contributed by atoms with E-state index in [0.29, 0.717) is 48.4 Å². The Morgan fingerprint density at radius 3 is 2.55 bits per heavy atom. The van der Waals surface area contributed by atoms with Crippen LogP contribution in [0.1, 0.15) is 54.7 Å². The summed E-state index contributed by atoms with van der Waals surface area (Å²) in [6.45, 7) is 6.05. The van der Waals surface area contributed by atoms with Crippen molar-refractivity contribution in [3.8, 4) is 0 Å². The smallest absolute Gasteiger partial charge is 0.294 e. The first-order valence-electron chi connectivity index (χ1n) is 11.2. The van der Waals surface area contributed by atoms with Crippen LogP contribution < -0.4 is 4.90 Å². The maximum Gasteiger partial charge on any atom is 0.294 e. The number of hydrogen-bond donors (Lipinski definition) is 0. The summed E-state index contributed by atoms with van der Waals surface area (Å²) in [6, 6.07) is 6.78. The van der Waals surface area contributed by atoms with Gasteiger partial charge in [0.1, 0.15) is 5.69 Å². The zero-order valence-electron chi connectivity index (χ0n) is 18.6. The molecule has 1 saturated carbocycles. The molecular formula is C23H25ClN6O3. The molecule has 1 aliphatic heterocycles. The number of amides is 1. The van der Waals surface area contributed by atoms with Gasteiger partial charge in [-0.15, -0.1) is 0 Å². The molecule has 3 heterocycles. The number of carbonyl (C=O) groups is 1. The number of halogens is 1. The third kappa shape index (κ3) is 4.01. The van der Waals surface area contributed by atoms with E-state index >= 15 is 0 Å². The van der Waals surface area contributed by atoms with Crippen molar-refractivity contribution in [1.82, 2.24) is 19.7 Å². The second-order valence-electron chi connectivity index (χ2n) is 8.96. The van der Waals surface area contributed by atoms with Crippen molar-refractivity contribution in [2.24, 2.45) is 0 Å². The molecule has 0 unspecified atom stereocenters. The summed E-state index contributed by atoms with van der Waals surface area (Å²) < 4.78 is 1.87. The zero-order chi connectivity index (χ0) is 23.3. The summed E-state index contributed by atoms with van der Waals surface area (Å²) in [5.74, 6) is 0.372. The molecule has 0 atom stereocenters. The number of anilines is 1. The number of fused-ring (bicyclic) bond motifs is 1. The van der Waals surface area contributed by atoms with Crippen LogP contribution in [0.5, 0.6) is 0 Å². The molecule has 1 aromatic carbocycles. The van der Waals surface area contributed by atoms with Gasteiger partial charge in [0.15, 0.2) is 5.65 Å². The summed E-state index contributed by atoms with van der Waals surface area (Å²) in [7, 11) is 0. The first-order chi connectivity index (χ1) is 15.8. The second-order valence-corrected chi connectivity index (χ2v) is 9.39. The van der Waals surface area contributed by atoms with Crippen LogP contribution in [0.15, 0.2) is 30.5 Å². The van der Waals surface area contributed by atoms with E-state index < -0.39 is 4.92 Å². The highest BCUT2D eigenvalue weighted by molar-refractivity contribution is 6.30. The standard InChI is InChI=1S/C23H25ClN6O3/c1-14(2)29-22-18(13-25-29)17(12-19(26-22)15-3-4-15)23(31)28-9-7-27(8-10-28)20-6-5-16(24)11-21(20)30(32)33/h5-6,11-15H,3-4,7-10H2,1-2H3. The molecule has 0 spiro atoms. The quantitative estimate of drug-likeness (QED) is 0.406. The lowest BCUT2D eigenvalue weighted by molar-refractivity contribution is -0.384. The minimum absolute atomic E-state index is 0.0201. The Balaban J connectivity index is 1.40. The van der Waals surface area contributed by atoms with Gasteiger partial charge in [0, 0.05) is 54.9 Å². The molecule has 33 heavy (non-hydrogen) atoms. The third-order valence-corrected chi connectivity index (χ3v) is 6.58. The van der Waals surface area contributed by atoms with Crippen molar-refractivity contribution < 1.29 is 9.72 Å². The minimum atomic E-state index is -0.418. The minimum Gasteiger partial charge on any atom is -0.362 e. The number of piperazine rings is 1. The molecule has 3 aromatic rings. The predicted molar refractivity (Wildman–Crippen MR) is 126 cm³/mol. The lowest BCUT2D eigenvalue weighted by Gasteiger charge is -2.36. The van der Waals surface area contributed by atoms with Crippen molar-refractivity contribution in [3.63, 3.8) is 0 Å². The van der Waals surface area contributed by atoms with Crippen LogP contribution in [0, 0.1) is 10.1 Å². The summed E-state index contributed by atoms with van der Waals surface area (Å²) in [5.41, 5.74) is 2.86. The first-order valence-corrected chi connectivity index (χ1v) is 11.6. The van der Waals surface area contributed by atoms with Crippen LogP contribution >= 0.6 is 11.6 Å². The van der Waals surface area contributed by atoms with Crippen LogP contribution in [0.3, 0.4) is 0 Å². The number of nitro benzene ring substituents is 1. The van der Waals surface area contributed by atoms with E-state index in [9.17, 15) is 14.9 Å². The van der Waals surface area contributed by atoms with Crippen LogP contribution in [-0.2, 0) is 0 Å². The fourth-order valence-corrected chi connectivity index (χ4v) is 4.58. The second kappa shape index (κ2) is 8.30. The number of hydrogen-bond acceptors (Lipinski definition) is 6. The lowest BCUT2D eigenvalue weighted by Crippen LogP contribution is -2.49. The van der Waals surface area contributed by atoms with Crippen LogP contribution in [0.2, 0.25) is 5.02 Å². The third-order valence-electron chi connectivity index (χ3n) is 6.34. The Bertz CT molecular complexity index is 1240. The highest BCUT2D eigenvalue weighted by Gasteiger charge is 2.31. The summed E-state index contributed by atoms with van der Waals surface area (Å²) in [5, 5.41) is 17.1. The number of pyridine rings is 1. The molecule has 10 heteroatoms. The van der Waals surface area contributed by atoms with Crippen molar-refractivity contribution in [1.29, 1.82) is 0 Å². The van der Waals surface area contributed by atoms with Gasteiger partial charge in [-0.05, 0) is 44.9 Å².